The standard InChI is InChI=1S/C19H33N3O9S2/c1-10(23)20-15-9-14(33(26,27)28)7-11-8-16(32-31-30-25)18(19(24)17(11)15)22-21-12-3-5-13(29-2)6-4-12/h11-19,24-25H,3-9H2,1-2H3,(H,20,23)(H,26,27,28). The van der Waals surface area contributed by atoms with Gasteiger partial charge in [-0.1, -0.05) is 5.04 Å². The van der Waals surface area contributed by atoms with Crippen molar-refractivity contribution in [3.05, 3.63) is 0 Å². The molecule has 3 aliphatic rings. The summed E-state index contributed by atoms with van der Waals surface area (Å²) in [5, 5.41) is 33.8. The summed E-state index contributed by atoms with van der Waals surface area (Å²) in [6.07, 6.45) is 3.02. The molecule has 3 saturated carbocycles. The number of nitrogens with one attached hydrogen (secondary N) is 1. The maximum Gasteiger partial charge on any atom is 0.267 e. The van der Waals surface area contributed by atoms with Crippen molar-refractivity contribution < 1.29 is 42.2 Å². The lowest BCUT2D eigenvalue weighted by Crippen LogP contribution is -2.60. The lowest BCUT2D eigenvalue weighted by Gasteiger charge is -2.49. The van der Waals surface area contributed by atoms with E-state index in [-0.39, 0.29) is 36.8 Å². The fourth-order valence-electron chi connectivity index (χ4n) is 5.55. The molecule has 1 amide bonds. The number of ether oxygens (including phenoxy) is 1. The molecule has 7 unspecified atom stereocenters. The van der Waals surface area contributed by atoms with E-state index in [1.54, 1.807) is 7.11 Å². The van der Waals surface area contributed by atoms with Gasteiger partial charge in [0.05, 0.1) is 28.7 Å². The first-order chi connectivity index (χ1) is 15.6. The molecular weight excluding hydrogens is 478 g/mol. The van der Waals surface area contributed by atoms with Crippen molar-refractivity contribution in [2.75, 3.05) is 7.11 Å². The third-order valence-corrected chi connectivity index (χ3v) is 9.18. The van der Waals surface area contributed by atoms with Crippen LogP contribution in [-0.4, -0.2) is 77.2 Å². The van der Waals surface area contributed by atoms with E-state index in [4.69, 9.17) is 9.99 Å². The number of aliphatic hydroxyl groups is 1. The van der Waals surface area contributed by atoms with E-state index in [9.17, 15) is 22.9 Å². The van der Waals surface area contributed by atoms with Crippen LogP contribution in [0.15, 0.2) is 10.2 Å². The van der Waals surface area contributed by atoms with E-state index in [1.807, 2.05) is 0 Å². The maximum absolute atomic E-state index is 11.9. The summed E-state index contributed by atoms with van der Waals surface area (Å²) in [4.78, 5) is 11.8. The molecule has 0 spiro atoms. The molecule has 12 nitrogen and oxygen atoms in total. The minimum atomic E-state index is -4.33. The van der Waals surface area contributed by atoms with Gasteiger partial charge in [-0.15, -0.1) is 4.33 Å². The molecule has 33 heavy (non-hydrogen) atoms. The van der Waals surface area contributed by atoms with Gasteiger partial charge in [0, 0.05) is 38.0 Å². The lowest BCUT2D eigenvalue weighted by molar-refractivity contribution is -0.432. The van der Waals surface area contributed by atoms with E-state index >= 15 is 0 Å². The van der Waals surface area contributed by atoms with Gasteiger partial charge < -0.3 is 15.2 Å². The van der Waals surface area contributed by atoms with E-state index < -0.39 is 44.7 Å². The van der Waals surface area contributed by atoms with E-state index in [0.29, 0.717) is 6.42 Å². The summed E-state index contributed by atoms with van der Waals surface area (Å²) in [6.45, 7) is 1.32. The summed E-state index contributed by atoms with van der Waals surface area (Å²) in [6, 6.07) is -1.37. The normalized spacial score (nSPS) is 39.8. The average molecular weight is 512 g/mol. The molecule has 7 atom stereocenters. The van der Waals surface area contributed by atoms with Gasteiger partial charge in [0.1, 0.15) is 6.04 Å². The van der Waals surface area contributed by atoms with Crippen LogP contribution < -0.4 is 5.32 Å². The number of rotatable bonds is 8. The van der Waals surface area contributed by atoms with Gasteiger partial charge >= 0.3 is 0 Å². The van der Waals surface area contributed by atoms with Gasteiger partial charge in [-0.05, 0) is 50.9 Å². The predicted octanol–water partition coefficient (Wildman–Crippen LogP) is 1.75. The monoisotopic (exact) mass is 511 g/mol. The summed E-state index contributed by atoms with van der Waals surface area (Å²) >= 11 is 0.774. The summed E-state index contributed by atoms with van der Waals surface area (Å²) in [5.41, 5.74) is 0. The Labute approximate surface area is 197 Å². The van der Waals surface area contributed by atoms with Gasteiger partial charge in [-0.2, -0.15) is 18.6 Å². The zero-order valence-corrected chi connectivity index (χ0v) is 20.3. The number of amides is 1. The van der Waals surface area contributed by atoms with Crippen molar-refractivity contribution in [3.63, 3.8) is 0 Å². The zero-order valence-electron chi connectivity index (χ0n) is 18.6. The van der Waals surface area contributed by atoms with Crippen molar-refractivity contribution in [1.82, 2.24) is 5.32 Å². The first-order valence-corrected chi connectivity index (χ1v) is 13.4. The van der Waals surface area contributed by atoms with Crippen molar-refractivity contribution in [2.45, 2.75) is 92.7 Å². The highest BCUT2D eigenvalue weighted by molar-refractivity contribution is 7.95. The molecule has 3 rings (SSSR count). The van der Waals surface area contributed by atoms with Crippen molar-refractivity contribution in [3.8, 4) is 0 Å². The Morgan fingerprint density at radius 2 is 1.82 bits per heavy atom. The van der Waals surface area contributed by atoms with Gasteiger partial charge in [0.15, 0.2) is 0 Å². The smallest absolute Gasteiger partial charge is 0.267 e. The number of aliphatic hydroxyl groups excluding tert-OH is 1. The Bertz CT molecular complexity index is 791. The van der Waals surface area contributed by atoms with Gasteiger partial charge in [-0.3, -0.25) is 9.35 Å². The van der Waals surface area contributed by atoms with Crippen LogP contribution in [0.3, 0.4) is 0 Å². The average Bonchev–Trinajstić information content (AvgIpc) is 2.76. The third kappa shape index (κ3) is 6.84. The first-order valence-electron chi connectivity index (χ1n) is 11.1. The highest BCUT2D eigenvalue weighted by Crippen LogP contribution is 2.47. The zero-order chi connectivity index (χ0) is 24.2. The molecule has 190 valence electrons. The highest BCUT2D eigenvalue weighted by atomic mass is 32.2. The van der Waals surface area contributed by atoms with Crippen LogP contribution in [-0.2, 0) is 29.0 Å². The number of hydrogen-bond donors (Lipinski definition) is 4. The summed E-state index contributed by atoms with van der Waals surface area (Å²) in [5.74, 6) is -1.18. The Morgan fingerprint density at radius 1 is 1.12 bits per heavy atom. The van der Waals surface area contributed by atoms with Crippen LogP contribution in [0.1, 0.15) is 51.9 Å². The van der Waals surface area contributed by atoms with Crippen LogP contribution in [0.4, 0.5) is 0 Å². The minimum absolute atomic E-state index is 0.00314. The minimum Gasteiger partial charge on any atom is -0.390 e. The Hall–Kier alpha value is -0.870. The third-order valence-electron chi connectivity index (χ3n) is 7.10. The number of fused-ring (bicyclic) bond motifs is 1. The molecular formula is C19H33N3O9S2. The SMILES string of the molecule is COC1CCC(N=NC2C(SOOO)CC3CC(S(=O)(=O)O)CC(NC(C)=O)C3C2O)CC1. The fourth-order valence-corrected chi connectivity index (χ4v) is 7.28. The summed E-state index contributed by atoms with van der Waals surface area (Å²) < 4.78 is 43.4. The molecule has 0 heterocycles. The number of hydrogen-bond acceptors (Lipinski definition) is 11. The Morgan fingerprint density at radius 3 is 2.39 bits per heavy atom. The number of methoxy groups -OCH3 is 1. The molecule has 0 aromatic carbocycles. The quantitative estimate of drug-likeness (QED) is 0.123. The van der Waals surface area contributed by atoms with Gasteiger partial charge in [0.2, 0.25) is 5.91 Å². The van der Waals surface area contributed by atoms with Crippen LogP contribution in [0.5, 0.6) is 0 Å². The van der Waals surface area contributed by atoms with E-state index in [1.165, 1.54) is 6.92 Å². The highest BCUT2D eigenvalue weighted by Gasteiger charge is 2.53. The van der Waals surface area contributed by atoms with Crippen LogP contribution in [0.25, 0.3) is 0 Å². The molecule has 3 fully saturated rings. The Balaban J connectivity index is 1.81. The number of nitrogens with zero attached hydrogens (tertiary/aromatic N) is 2. The molecule has 0 bridgehead atoms. The second-order valence-corrected chi connectivity index (χ2v) is 11.8. The number of azo groups is 1. The molecule has 14 heteroatoms. The van der Waals surface area contributed by atoms with E-state index in [0.717, 1.165) is 37.7 Å². The van der Waals surface area contributed by atoms with Crippen LogP contribution in [0.2, 0.25) is 0 Å². The Kier molecular flexibility index (Phi) is 9.48. The van der Waals surface area contributed by atoms with E-state index in [2.05, 4.69) is 24.9 Å². The number of carbonyl (C=O) groups is 1. The molecule has 4 N–H and O–H groups in total. The van der Waals surface area contributed by atoms with Gasteiger partial charge in [-0.25, -0.2) is 5.26 Å². The maximum atomic E-state index is 11.9. The second-order valence-electron chi connectivity index (χ2n) is 9.14. The second kappa shape index (κ2) is 11.7. The predicted molar refractivity (Wildman–Crippen MR) is 118 cm³/mol. The first kappa shape index (κ1) is 26.7. The largest absolute Gasteiger partial charge is 0.390 e. The molecule has 3 aliphatic carbocycles. The van der Waals surface area contributed by atoms with Crippen LogP contribution >= 0.6 is 12.0 Å². The molecule has 0 radical (unpaired) electrons. The lowest BCUT2D eigenvalue weighted by atomic mass is 9.65. The van der Waals surface area contributed by atoms with Crippen molar-refractivity contribution >= 4 is 28.1 Å². The molecule has 0 aromatic rings. The topological polar surface area (TPSA) is 176 Å². The molecule has 0 aliphatic heterocycles. The molecule has 0 aromatic heterocycles. The van der Waals surface area contributed by atoms with Gasteiger partial charge in [0.25, 0.3) is 10.1 Å². The molecule has 0 saturated heterocycles. The summed E-state index contributed by atoms with van der Waals surface area (Å²) in [7, 11) is -2.64. The number of carbonyl (C=O) groups excluding carboxylic acids is 1. The fraction of sp³-hybridized carbons (Fsp3) is 0.947. The van der Waals surface area contributed by atoms with Crippen LogP contribution in [0, 0.1) is 11.8 Å². The van der Waals surface area contributed by atoms with Crippen molar-refractivity contribution in [1.29, 1.82) is 0 Å². The van der Waals surface area contributed by atoms with Crippen molar-refractivity contribution in [2.24, 2.45) is 22.1 Å².